The molecule has 31 heavy (non-hydrogen) atoms. The molecule has 0 saturated carbocycles. The van der Waals surface area contributed by atoms with Crippen molar-refractivity contribution in [2.24, 2.45) is 18.9 Å². The Morgan fingerprint density at radius 2 is 2.13 bits per heavy atom. The van der Waals surface area contributed by atoms with Gasteiger partial charge in [0.05, 0.1) is 31.0 Å². The SMILES string of the molecule is CN(Cc1nccn1C)C(=O)[C@H]1[C@@H]2C=C[C@@]3(CN(c4ccc(CCO)cc4)C(=O)[C@@H]13)O2. The summed E-state index contributed by atoms with van der Waals surface area (Å²) >= 11 is 0. The number of anilines is 1. The maximum Gasteiger partial charge on any atom is 0.234 e. The summed E-state index contributed by atoms with van der Waals surface area (Å²) in [6.45, 7) is 0.859. The summed E-state index contributed by atoms with van der Waals surface area (Å²) in [4.78, 5) is 34.5. The smallest absolute Gasteiger partial charge is 0.234 e. The van der Waals surface area contributed by atoms with Crippen LogP contribution >= 0.6 is 0 Å². The number of fused-ring (bicyclic) bond motifs is 1. The van der Waals surface area contributed by atoms with E-state index in [0.29, 0.717) is 19.5 Å². The molecule has 1 N–H and O–H groups in total. The van der Waals surface area contributed by atoms with Crippen LogP contribution in [0.1, 0.15) is 11.4 Å². The van der Waals surface area contributed by atoms with Gasteiger partial charge in [-0.3, -0.25) is 9.59 Å². The largest absolute Gasteiger partial charge is 0.396 e. The minimum atomic E-state index is -0.754. The zero-order valence-electron chi connectivity index (χ0n) is 17.6. The van der Waals surface area contributed by atoms with Gasteiger partial charge in [0.25, 0.3) is 0 Å². The Balaban J connectivity index is 1.38. The van der Waals surface area contributed by atoms with Crippen LogP contribution in [0.25, 0.3) is 0 Å². The second-order valence-electron chi connectivity index (χ2n) is 8.61. The molecule has 8 heteroatoms. The highest BCUT2D eigenvalue weighted by atomic mass is 16.5. The summed E-state index contributed by atoms with van der Waals surface area (Å²) in [5.74, 6) is -0.465. The highest BCUT2D eigenvalue weighted by Crippen LogP contribution is 2.53. The Morgan fingerprint density at radius 3 is 2.81 bits per heavy atom. The number of benzene rings is 1. The topological polar surface area (TPSA) is 87.9 Å². The van der Waals surface area contributed by atoms with Crippen molar-refractivity contribution in [3.63, 3.8) is 0 Å². The van der Waals surface area contributed by atoms with Crippen molar-refractivity contribution in [2.75, 3.05) is 25.1 Å². The zero-order valence-corrected chi connectivity index (χ0v) is 17.6. The van der Waals surface area contributed by atoms with Crippen molar-refractivity contribution in [1.29, 1.82) is 0 Å². The van der Waals surface area contributed by atoms with Crippen molar-refractivity contribution in [2.45, 2.75) is 24.7 Å². The molecule has 5 rings (SSSR count). The Kier molecular flexibility index (Phi) is 4.71. The molecule has 1 aromatic carbocycles. The molecular formula is C23H26N4O4. The number of hydrogen-bond donors (Lipinski definition) is 1. The van der Waals surface area contributed by atoms with Gasteiger partial charge >= 0.3 is 0 Å². The average Bonchev–Trinajstić information content (AvgIpc) is 3.50. The second-order valence-corrected chi connectivity index (χ2v) is 8.61. The Morgan fingerprint density at radius 1 is 1.35 bits per heavy atom. The van der Waals surface area contributed by atoms with Crippen LogP contribution in [0.3, 0.4) is 0 Å². The molecule has 162 valence electrons. The molecule has 1 spiro atoms. The van der Waals surface area contributed by atoms with Gasteiger partial charge < -0.3 is 24.2 Å². The van der Waals surface area contributed by atoms with Crippen molar-refractivity contribution in [3.8, 4) is 0 Å². The lowest BCUT2D eigenvalue weighted by Gasteiger charge is -2.27. The van der Waals surface area contributed by atoms with Crippen LogP contribution in [0.4, 0.5) is 5.69 Å². The van der Waals surface area contributed by atoms with E-state index in [2.05, 4.69) is 4.98 Å². The number of aliphatic hydroxyl groups is 1. The Labute approximate surface area is 180 Å². The van der Waals surface area contributed by atoms with E-state index in [4.69, 9.17) is 9.84 Å². The second kappa shape index (κ2) is 7.32. The Hall–Kier alpha value is -2.97. The quantitative estimate of drug-likeness (QED) is 0.699. The van der Waals surface area contributed by atoms with E-state index in [-0.39, 0.29) is 24.5 Å². The fourth-order valence-electron chi connectivity index (χ4n) is 5.06. The number of imidazole rings is 1. The van der Waals surface area contributed by atoms with Crippen LogP contribution in [-0.4, -0.2) is 63.3 Å². The van der Waals surface area contributed by atoms with Crippen molar-refractivity contribution in [3.05, 3.63) is 60.2 Å². The van der Waals surface area contributed by atoms with Gasteiger partial charge in [0, 0.05) is 38.8 Å². The van der Waals surface area contributed by atoms with Gasteiger partial charge in [-0.15, -0.1) is 0 Å². The fourth-order valence-corrected chi connectivity index (χ4v) is 5.06. The lowest BCUT2D eigenvalue weighted by Crippen LogP contribution is -2.44. The first-order valence-electron chi connectivity index (χ1n) is 10.5. The van der Waals surface area contributed by atoms with Crippen LogP contribution in [0.15, 0.2) is 48.8 Å². The Bertz CT molecular complexity index is 1050. The summed E-state index contributed by atoms with van der Waals surface area (Å²) in [6.07, 6.45) is 7.64. The normalized spacial score (nSPS) is 28.4. The van der Waals surface area contributed by atoms with Crippen LogP contribution in [0, 0.1) is 11.8 Å². The molecule has 0 aliphatic carbocycles. The monoisotopic (exact) mass is 422 g/mol. The molecule has 2 amide bonds. The number of amides is 2. The fraction of sp³-hybridized carbons (Fsp3) is 0.435. The first-order chi connectivity index (χ1) is 14.9. The molecule has 0 unspecified atom stereocenters. The molecule has 8 nitrogen and oxygen atoms in total. The first kappa shape index (κ1) is 20.0. The molecule has 2 bridgehead atoms. The van der Waals surface area contributed by atoms with Gasteiger partial charge in [0.1, 0.15) is 11.4 Å². The van der Waals surface area contributed by atoms with E-state index in [9.17, 15) is 9.59 Å². The molecule has 4 atom stereocenters. The van der Waals surface area contributed by atoms with Crippen molar-refractivity contribution < 1.29 is 19.4 Å². The number of aromatic nitrogens is 2. The van der Waals surface area contributed by atoms with E-state index >= 15 is 0 Å². The number of ether oxygens (including phenoxy) is 1. The third kappa shape index (κ3) is 3.09. The van der Waals surface area contributed by atoms with Crippen LogP contribution in [0.2, 0.25) is 0 Å². The summed E-state index contributed by atoms with van der Waals surface area (Å²) in [5.41, 5.74) is 1.04. The van der Waals surface area contributed by atoms with Crippen LogP contribution in [-0.2, 0) is 34.3 Å². The lowest BCUT2D eigenvalue weighted by atomic mass is 9.76. The zero-order chi connectivity index (χ0) is 21.8. The van der Waals surface area contributed by atoms with E-state index in [1.165, 1.54) is 0 Å². The predicted molar refractivity (Wildman–Crippen MR) is 113 cm³/mol. The molecule has 1 aromatic heterocycles. The number of nitrogens with zero attached hydrogens (tertiary/aromatic N) is 4. The molecule has 2 aromatic rings. The third-order valence-corrected chi connectivity index (χ3v) is 6.71. The minimum absolute atomic E-state index is 0.0782. The van der Waals surface area contributed by atoms with Crippen molar-refractivity contribution in [1.82, 2.24) is 14.5 Å². The molecule has 2 saturated heterocycles. The van der Waals surface area contributed by atoms with E-state index in [1.807, 2.05) is 54.2 Å². The summed E-state index contributed by atoms with van der Waals surface area (Å²) in [6, 6.07) is 7.62. The van der Waals surface area contributed by atoms with Gasteiger partial charge in [-0.25, -0.2) is 4.98 Å². The molecule has 2 fully saturated rings. The summed E-state index contributed by atoms with van der Waals surface area (Å²) in [7, 11) is 3.64. The minimum Gasteiger partial charge on any atom is -0.396 e. The number of rotatable bonds is 6. The molecular weight excluding hydrogens is 396 g/mol. The van der Waals surface area contributed by atoms with Crippen LogP contribution < -0.4 is 4.90 Å². The van der Waals surface area contributed by atoms with Gasteiger partial charge in [0.15, 0.2) is 0 Å². The first-order valence-corrected chi connectivity index (χ1v) is 10.5. The van der Waals surface area contributed by atoms with Crippen molar-refractivity contribution >= 4 is 17.5 Å². The number of hydrogen-bond acceptors (Lipinski definition) is 5. The molecule has 4 heterocycles. The summed E-state index contributed by atoms with van der Waals surface area (Å²) < 4.78 is 8.12. The predicted octanol–water partition coefficient (Wildman–Crippen LogP) is 0.900. The lowest BCUT2D eigenvalue weighted by molar-refractivity contribution is -0.139. The van der Waals surface area contributed by atoms with Gasteiger partial charge in [-0.05, 0) is 24.1 Å². The number of carbonyl (C=O) groups excluding carboxylic acids is 2. The van der Waals surface area contributed by atoms with Gasteiger partial charge in [-0.2, -0.15) is 0 Å². The molecule has 3 aliphatic heterocycles. The number of carbonyl (C=O) groups is 2. The maximum absolute atomic E-state index is 13.5. The summed E-state index contributed by atoms with van der Waals surface area (Å²) in [5, 5.41) is 9.11. The maximum atomic E-state index is 13.5. The molecule has 0 radical (unpaired) electrons. The average molecular weight is 422 g/mol. The molecule has 3 aliphatic rings. The van der Waals surface area contributed by atoms with E-state index in [1.54, 1.807) is 23.0 Å². The highest BCUT2D eigenvalue weighted by molar-refractivity contribution is 6.03. The van der Waals surface area contributed by atoms with Gasteiger partial charge in [-0.1, -0.05) is 24.3 Å². The third-order valence-electron chi connectivity index (χ3n) is 6.71. The highest BCUT2D eigenvalue weighted by Gasteiger charge is 2.67. The number of aliphatic hydroxyl groups excluding tert-OH is 1. The van der Waals surface area contributed by atoms with E-state index < -0.39 is 17.4 Å². The van der Waals surface area contributed by atoms with E-state index in [0.717, 1.165) is 17.1 Å². The standard InChI is InChI=1S/C23H26N4O4/c1-25-11-10-24-18(25)13-26(2)21(29)19-17-7-9-23(31-17)14-27(22(30)20(19)23)16-5-3-15(4-6-16)8-12-28/h3-7,9-11,17,19-20,28H,8,12-14H2,1-2H3/t17-,19-,20+,23-/m0/s1. The number of aryl methyl sites for hydroxylation is 1. The van der Waals surface area contributed by atoms with Gasteiger partial charge in [0.2, 0.25) is 11.8 Å². The van der Waals surface area contributed by atoms with Crippen LogP contribution in [0.5, 0.6) is 0 Å².